The molecule has 0 bridgehead atoms. The molecule has 1 aromatic rings. The van der Waals surface area contributed by atoms with Crippen molar-refractivity contribution in [2.45, 2.75) is 58.3 Å². The maximum atomic E-state index is 10.8. The van der Waals surface area contributed by atoms with Crippen LogP contribution in [-0.2, 0) is 10.9 Å². The summed E-state index contributed by atoms with van der Waals surface area (Å²) in [6.45, 7) is 2.23. The molecular weight excluding hydrogens is 256 g/mol. The molecule has 0 aliphatic heterocycles. The first-order chi connectivity index (χ1) is 9.24. The smallest absolute Gasteiger partial charge is 0.511 e. The zero-order valence-corrected chi connectivity index (χ0v) is 12.7. The highest BCUT2D eigenvalue weighted by atomic mass is 28.3. The van der Waals surface area contributed by atoms with Crippen molar-refractivity contribution in [2.75, 3.05) is 0 Å². The Kier molecular flexibility index (Phi) is 8.14. The molecule has 3 nitrogen and oxygen atoms in total. The summed E-state index contributed by atoms with van der Waals surface area (Å²) >= 11 is 0. The third-order valence-corrected chi connectivity index (χ3v) is 3.61. The molecule has 0 amide bonds. The van der Waals surface area contributed by atoms with Crippen molar-refractivity contribution in [3.63, 3.8) is 0 Å². The Bertz CT molecular complexity index is 379. The molecule has 0 saturated heterocycles. The average Bonchev–Trinajstić information content (AvgIpc) is 2.39. The van der Waals surface area contributed by atoms with Gasteiger partial charge in [0.05, 0.1) is 0 Å². The average molecular weight is 280 g/mol. The molecule has 0 aromatic heterocycles. The second kappa shape index (κ2) is 9.73. The molecule has 1 aromatic carbocycles. The van der Waals surface area contributed by atoms with Crippen LogP contribution in [0.2, 0.25) is 0 Å². The molecule has 0 spiro atoms. The quantitative estimate of drug-likeness (QED) is 0.524. The lowest BCUT2D eigenvalue weighted by Crippen LogP contribution is -2.10. The third kappa shape index (κ3) is 7.11. The minimum atomic E-state index is -2.90. The molecule has 0 saturated carbocycles. The van der Waals surface area contributed by atoms with Gasteiger partial charge < -0.3 is 9.22 Å². The second-order valence-electron chi connectivity index (χ2n) is 4.85. The van der Waals surface area contributed by atoms with Crippen molar-refractivity contribution in [1.82, 2.24) is 0 Å². The molecule has 0 aliphatic carbocycles. The fraction of sp³-hybridized carbons (Fsp3) is 0.600. The van der Waals surface area contributed by atoms with Crippen LogP contribution in [0.25, 0.3) is 0 Å². The number of hydrogen-bond acceptors (Lipinski definition) is 2. The summed E-state index contributed by atoms with van der Waals surface area (Å²) < 4.78 is 15.7. The van der Waals surface area contributed by atoms with Crippen LogP contribution >= 0.6 is 0 Å². The predicted molar refractivity (Wildman–Crippen MR) is 77.4 cm³/mol. The van der Waals surface area contributed by atoms with Gasteiger partial charge in [0.15, 0.2) is 0 Å². The molecule has 0 aliphatic rings. The van der Waals surface area contributed by atoms with Gasteiger partial charge in [-0.2, -0.15) is 0 Å². The molecule has 1 rings (SSSR count). The number of hydrogen-bond donors (Lipinski definition) is 1. The Hall–Kier alpha value is -1.16. The summed E-state index contributed by atoms with van der Waals surface area (Å²) in [6.07, 6.45) is 9.79. The van der Waals surface area contributed by atoms with Gasteiger partial charge in [0.25, 0.3) is 0 Å². The first-order valence-electron chi connectivity index (χ1n) is 7.22. The van der Waals surface area contributed by atoms with Gasteiger partial charge in [-0.15, -0.1) is 0 Å². The van der Waals surface area contributed by atoms with Crippen LogP contribution in [0.5, 0.6) is 5.75 Å². The van der Waals surface area contributed by atoms with E-state index >= 15 is 0 Å². The van der Waals surface area contributed by atoms with Crippen molar-refractivity contribution in [1.29, 1.82) is 0 Å². The molecule has 4 heteroatoms. The summed E-state index contributed by atoms with van der Waals surface area (Å²) in [7, 11) is -2.90. The molecule has 106 valence electrons. The minimum Gasteiger partial charge on any atom is -0.511 e. The van der Waals surface area contributed by atoms with E-state index in [2.05, 4.69) is 6.92 Å². The van der Waals surface area contributed by atoms with Crippen LogP contribution in [0.4, 0.5) is 0 Å². The van der Waals surface area contributed by atoms with E-state index in [9.17, 15) is 4.46 Å². The maximum Gasteiger partial charge on any atom is 0.770 e. The van der Waals surface area contributed by atoms with E-state index in [4.69, 9.17) is 9.22 Å². The Morgan fingerprint density at radius 3 is 2.37 bits per heavy atom. The molecule has 0 unspecified atom stereocenters. The summed E-state index contributed by atoms with van der Waals surface area (Å²) in [4.78, 5) is 8.85. The van der Waals surface area contributed by atoms with Crippen LogP contribution in [0.15, 0.2) is 24.3 Å². The number of aryl methyl sites for hydroxylation is 1. The van der Waals surface area contributed by atoms with Crippen LogP contribution in [-0.4, -0.2) is 14.0 Å². The van der Waals surface area contributed by atoms with Gasteiger partial charge in [0.1, 0.15) is 5.75 Å². The largest absolute Gasteiger partial charge is 0.770 e. The van der Waals surface area contributed by atoms with Gasteiger partial charge in [-0.1, -0.05) is 63.6 Å². The number of unbranched alkanes of at least 4 members (excludes halogenated alkanes) is 6. The van der Waals surface area contributed by atoms with Gasteiger partial charge in [-0.05, 0) is 24.5 Å². The van der Waals surface area contributed by atoms with Gasteiger partial charge >= 0.3 is 9.17 Å². The first-order valence-corrected chi connectivity index (χ1v) is 8.49. The van der Waals surface area contributed by atoms with Crippen molar-refractivity contribution in [2.24, 2.45) is 0 Å². The van der Waals surface area contributed by atoms with Crippen molar-refractivity contribution in [3.8, 4) is 5.75 Å². The molecular formula is C15H24O3Si. The van der Waals surface area contributed by atoms with Gasteiger partial charge in [-0.25, -0.2) is 0 Å². The van der Waals surface area contributed by atoms with E-state index in [-0.39, 0.29) is 0 Å². The lowest BCUT2D eigenvalue weighted by atomic mass is 10.0. The molecule has 0 atom stereocenters. The standard InChI is InChI=1S/C15H24O3Si/c1-2-3-4-5-6-7-8-11-14-12-9-10-13-15(14)18-19(16)17/h9-10,12-13,16H,2-8,11H2,1H3. The zero-order chi connectivity index (χ0) is 13.9. The fourth-order valence-corrected chi connectivity index (χ4v) is 2.56. The summed E-state index contributed by atoms with van der Waals surface area (Å²) in [5.74, 6) is 0.555. The minimum absolute atomic E-state index is 0.555. The van der Waals surface area contributed by atoms with E-state index in [1.165, 1.54) is 38.5 Å². The molecule has 0 heterocycles. The SMILES string of the molecule is CCCCCCCCCc1ccccc1O[Si](=O)O. The van der Waals surface area contributed by atoms with Crippen LogP contribution in [0.3, 0.4) is 0 Å². The fourth-order valence-electron chi connectivity index (χ4n) is 2.18. The lowest BCUT2D eigenvalue weighted by molar-refractivity contribution is 0.336. The van der Waals surface area contributed by atoms with Crippen LogP contribution < -0.4 is 4.43 Å². The number of para-hydroxylation sites is 1. The highest BCUT2D eigenvalue weighted by molar-refractivity contribution is 6.25. The zero-order valence-electron chi connectivity index (χ0n) is 11.7. The summed E-state index contributed by atoms with van der Waals surface area (Å²) in [5, 5.41) is 0. The maximum absolute atomic E-state index is 10.8. The van der Waals surface area contributed by atoms with Crippen LogP contribution in [0, 0.1) is 0 Å². The number of rotatable bonds is 10. The first kappa shape index (κ1) is 15.9. The molecule has 1 N–H and O–H groups in total. The van der Waals surface area contributed by atoms with E-state index in [0.717, 1.165) is 18.4 Å². The highest BCUT2D eigenvalue weighted by Crippen LogP contribution is 2.20. The normalized spacial score (nSPS) is 10.4. The Morgan fingerprint density at radius 2 is 1.68 bits per heavy atom. The van der Waals surface area contributed by atoms with Gasteiger partial charge in [0, 0.05) is 0 Å². The van der Waals surface area contributed by atoms with Gasteiger partial charge in [0.2, 0.25) is 0 Å². The highest BCUT2D eigenvalue weighted by Gasteiger charge is 2.09. The third-order valence-electron chi connectivity index (χ3n) is 3.22. The Balaban J connectivity index is 2.26. The summed E-state index contributed by atoms with van der Waals surface area (Å²) in [6, 6.07) is 7.50. The monoisotopic (exact) mass is 280 g/mol. The summed E-state index contributed by atoms with van der Waals surface area (Å²) in [5.41, 5.74) is 1.03. The second-order valence-corrected chi connectivity index (χ2v) is 5.58. The van der Waals surface area contributed by atoms with E-state index in [1.807, 2.05) is 18.2 Å². The van der Waals surface area contributed by atoms with Crippen molar-refractivity contribution >= 4 is 9.17 Å². The van der Waals surface area contributed by atoms with E-state index < -0.39 is 9.17 Å². The molecule has 0 radical (unpaired) electrons. The molecule has 19 heavy (non-hydrogen) atoms. The van der Waals surface area contributed by atoms with Crippen molar-refractivity contribution in [3.05, 3.63) is 29.8 Å². The molecule has 0 fully saturated rings. The van der Waals surface area contributed by atoms with Crippen LogP contribution in [0.1, 0.15) is 57.4 Å². The van der Waals surface area contributed by atoms with Crippen molar-refractivity contribution < 1.29 is 13.7 Å². The Morgan fingerprint density at radius 1 is 1.05 bits per heavy atom. The lowest BCUT2D eigenvalue weighted by Gasteiger charge is -2.08. The van der Waals surface area contributed by atoms with E-state index in [1.54, 1.807) is 6.07 Å². The Labute approximate surface area is 117 Å². The number of benzene rings is 1. The van der Waals surface area contributed by atoms with Gasteiger partial charge in [-0.3, -0.25) is 4.46 Å². The topological polar surface area (TPSA) is 46.5 Å². The predicted octanol–water partition coefficient (Wildman–Crippen LogP) is 3.77. The van der Waals surface area contributed by atoms with E-state index in [0.29, 0.717) is 5.75 Å².